The van der Waals surface area contributed by atoms with Gasteiger partial charge in [-0.15, -0.1) is 0 Å². The number of unbranched alkanes of at least 4 members (excludes halogenated alkanes) is 1. The van der Waals surface area contributed by atoms with E-state index < -0.39 is 0 Å². The number of pyridine rings is 1. The second-order valence-corrected chi connectivity index (χ2v) is 7.40. The Kier molecular flexibility index (Phi) is 5.98. The minimum absolute atomic E-state index is 0.765. The van der Waals surface area contributed by atoms with Gasteiger partial charge in [-0.25, -0.2) is 0 Å². The summed E-state index contributed by atoms with van der Waals surface area (Å²) in [6.45, 7) is 5.65. The molecule has 0 saturated carbocycles. The predicted octanol–water partition coefficient (Wildman–Crippen LogP) is 2.13. The second kappa shape index (κ2) is 7.77. The van der Waals surface area contributed by atoms with Crippen LogP contribution in [0.2, 0.25) is 5.32 Å². The number of aromatic nitrogens is 1. The molecule has 1 aromatic heterocycles. The molecule has 0 aliphatic carbocycles. The molecule has 1 N–H and O–H groups in total. The van der Waals surface area contributed by atoms with Gasteiger partial charge in [0, 0.05) is 0 Å². The monoisotopic (exact) mass is 313 g/mol. The van der Waals surface area contributed by atoms with Gasteiger partial charge in [0.15, 0.2) is 0 Å². The van der Waals surface area contributed by atoms with E-state index in [9.17, 15) is 0 Å². The van der Waals surface area contributed by atoms with Gasteiger partial charge in [-0.1, -0.05) is 0 Å². The molecule has 100 valence electrons. The fourth-order valence-electron chi connectivity index (χ4n) is 2.16. The Morgan fingerprint density at radius 2 is 2.44 bits per heavy atom. The van der Waals surface area contributed by atoms with Crippen LogP contribution in [-0.2, 0) is 0 Å². The summed E-state index contributed by atoms with van der Waals surface area (Å²) in [6, 6.07) is 4.19. The van der Waals surface area contributed by atoms with E-state index in [0.717, 1.165) is 39.5 Å². The summed E-state index contributed by atoms with van der Waals surface area (Å²) in [5.74, 6) is 0. The van der Waals surface area contributed by atoms with Crippen LogP contribution in [0.15, 0.2) is 24.5 Å². The maximum absolute atomic E-state index is 4.21. The van der Waals surface area contributed by atoms with Crippen LogP contribution in [0, 0.1) is 0 Å². The van der Waals surface area contributed by atoms with E-state index in [2.05, 4.69) is 28.2 Å². The first-order chi connectivity index (χ1) is 8.90. The second-order valence-electron chi connectivity index (χ2n) is 4.65. The fourth-order valence-corrected chi connectivity index (χ4v) is 4.78. The number of hydrogen-bond donors (Lipinski definition) is 1. The molecule has 0 aromatic carbocycles. The number of anilines is 1. The van der Waals surface area contributed by atoms with E-state index >= 15 is 0 Å². The Balaban J connectivity index is 1.81. The van der Waals surface area contributed by atoms with Gasteiger partial charge in [-0.3, -0.25) is 0 Å². The molecule has 18 heavy (non-hydrogen) atoms. The van der Waals surface area contributed by atoms with Gasteiger partial charge in [-0.2, -0.15) is 0 Å². The molecule has 1 aliphatic rings. The van der Waals surface area contributed by atoms with Crippen molar-refractivity contribution in [3.8, 4) is 0 Å². The van der Waals surface area contributed by atoms with Gasteiger partial charge in [0.05, 0.1) is 0 Å². The summed E-state index contributed by atoms with van der Waals surface area (Å²) in [5, 5.41) is 5.13. The first-order valence-electron chi connectivity index (χ1n) is 6.90. The molecule has 1 aliphatic heterocycles. The van der Waals surface area contributed by atoms with Crippen molar-refractivity contribution < 1.29 is 0 Å². The number of hydrogen-bond acceptors (Lipinski definition) is 3. The average molecular weight is 312 g/mol. The Bertz CT molecular complexity index is 331. The van der Waals surface area contributed by atoms with Gasteiger partial charge < -0.3 is 0 Å². The molecule has 0 amide bonds. The van der Waals surface area contributed by atoms with E-state index in [-0.39, 0.29) is 0 Å². The first kappa shape index (κ1) is 13.9. The summed E-state index contributed by atoms with van der Waals surface area (Å²) in [6.07, 6.45) is 7.82. The molecular weight excluding hydrogens is 289 g/mol. The van der Waals surface area contributed by atoms with Crippen molar-refractivity contribution in [2.24, 2.45) is 0 Å². The quantitative estimate of drug-likeness (QED) is 0.667. The van der Waals surface area contributed by atoms with Crippen LogP contribution < -0.4 is 10.2 Å². The SMILES string of the molecule is CCCC[Se]C1CCN(c2cccnc2)CCN1. The minimum atomic E-state index is 0.765. The van der Waals surface area contributed by atoms with Crippen molar-refractivity contribution in [1.82, 2.24) is 10.3 Å². The molecule has 2 rings (SSSR count). The Morgan fingerprint density at radius 3 is 3.22 bits per heavy atom. The number of nitrogens with one attached hydrogen (secondary N) is 1. The molecule has 4 heteroatoms. The average Bonchev–Trinajstić information content (AvgIpc) is 2.66. The van der Waals surface area contributed by atoms with Crippen LogP contribution in [0.3, 0.4) is 0 Å². The molecule has 1 atom stereocenters. The van der Waals surface area contributed by atoms with E-state index in [4.69, 9.17) is 0 Å². The Morgan fingerprint density at radius 1 is 1.50 bits per heavy atom. The molecular formula is C14H23N3Se. The summed E-state index contributed by atoms with van der Waals surface area (Å²) >= 11 is 0.765. The topological polar surface area (TPSA) is 28.2 Å². The van der Waals surface area contributed by atoms with Gasteiger partial charge in [0.25, 0.3) is 0 Å². The van der Waals surface area contributed by atoms with Crippen molar-refractivity contribution >= 4 is 20.6 Å². The zero-order chi connectivity index (χ0) is 12.6. The maximum atomic E-state index is 4.21. The predicted molar refractivity (Wildman–Crippen MR) is 78.3 cm³/mol. The molecule has 3 nitrogen and oxygen atoms in total. The van der Waals surface area contributed by atoms with Crippen LogP contribution in [0.25, 0.3) is 0 Å². The molecule has 1 saturated heterocycles. The van der Waals surface area contributed by atoms with Crippen LogP contribution in [0.5, 0.6) is 0 Å². The summed E-state index contributed by atoms with van der Waals surface area (Å²) in [7, 11) is 0. The normalized spacial score (nSPS) is 20.7. The van der Waals surface area contributed by atoms with Crippen molar-refractivity contribution in [3.05, 3.63) is 24.5 Å². The molecule has 2 heterocycles. The Hall–Kier alpha value is -0.571. The zero-order valence-electron chi connectivity index (χ0n) is 11.1. The molecule has 0 bridgehead atoms. The summed E-state index contributed by atoms with van der Waals surface area (Å²) in [5.41, 5.74) is 1.26. The molecule has 1 fully saturated rings. The van der Waals surface area contributed by atoms with Crippen molar-refractivity contribution in [1.29, 1.82) is 0 Å². The third-order valence-corrected chi connectivity index (χ3v) is 6.03. The molecule has 0 spiro atoms. The molecule has 0 radical (unpaired) electrons. The molecule has 1 unspecified atom stereocenters. The third-order valence-electron chi connectivity index (χ3n) is 3.24. The summed E-state index contributed by atoms with van der Waals surface area (Å²) in [4.78, 5) is 7.44. The van der Waals surface area contributed by atoms with Crippen molar-refractivity contribution in [2.45, 2.75) is 36.4 Å². The van der Waals surface area contributed by atoms with Gasteiger partial charge in [0.1, 0.15) is 0 Å². The van der Waals surface area contributed by atoms with Crippen molar-refractivity contribution in [3.63, 3.8) is 0 Å². The van der Waals surface area contributed by atoms with E-state index in [1.54, 1.807) is 0 Å². The van der Waals surface area contributed by atoms with Crippen LogP contribution in [0.1, 0.15) is 26.2 Å². The van der Waals surface area contributed by atoms with Gasteiger partial charge in [-0.05, 0) is 0 Å². The van der Waals surface area contributed by atoms with Crippen LogP contribution in [-0.4, -0.2) is 44.5 Å². The third kappa shape index (κ3) is 4.27. The zero-order valence-corrected chi connectivity index (χ0v) is 12.9. The Labute approximate surface area is 117 Å². The number of rotatable bonds is 5. The molecule has 1 aromatic rings. The standard InChI is InChI=1S/C14H23N3Se/c1-2-3-11-18-14-6-9-17(10-8-16-14)13-5-4-7-15-12-13/h4-5,7,12,14,16H,2-3,6,8-11H2,1H3. The van der Waals surface area contributed by atoms with Gasteiger partial charge in [0.2, 0.25) is 0 Å². The van der Waals surface area contributed by atoms with E-state index in [0.29, 0.717) is 0 Å². The number of nitrogens with zero attached hydrogens (tertiary/aromatic N) is 2. The van der Waals surface area contributed by atoms with Crippen LogP contribution >= 0.6 is 0 Å². The van der Waals surface area contributed by atoms with E-state index in [1.807, 2.05) is 18.5 Å². The fraction of sp³-hybridized carbons (Fsp3) is 0.643. The van der Waals surface area contributed by atoms with Crippen molar-refractivity contribution in [2.75, 3.05) is 24.5 Å². The summed E-state index contributed by atoms with van der Waals surface area (Å²) < 4.78 is 0. The first-order valence-corrected chi connectivity index (χ1v) is 9.10. The van der Waals surface area contributed by atoms with E-state index in [1.165, 1.54) is 30.3 Å². The van der Waals surface area contributed by atoms with Gasteiger partial charge >= 0.3 is 116 Å². The van der Waals surface area contributed by atoms with Crippen LogP contribution in [0.4, 0.5) is 5.69 Å².